The smallest absolute Gasteiger partial charge is 0.476 e. The molecule has 0 bridgehead atoms. The summed E-state index contributed by atoms with van der Waals surface area (Å²) >= 11 is 0. The van der Waals surface area contributed by atoms with Gasteiger partial charge in [-0.25, -0.2) is 4.79 Å². The van der Waals surface area contributed by atoms with Crippen LogP contribution in [-0.4, -0.2) is 23.0 Å². The number of rotatable bonds is 2. The molecule has 0 saturated carbocycles. The van der Waals surface area contributed by atoms with Crippen molar-refractivity contribution in [3.8, 4) is 11.5 Å². The molecule has 0 aromatic heterocycles. The highest BCUT2D eigenvalue weighted by molar-refractivity contribution is 5.88. The normalized spacial score (nSPS) is 9.50. The summed E-state index contributed by atoms with van der Waals surface area (Å²) in [5, 5.41) is 19.3. The molecule has 0 fully saturated rings. The highest BCUT2D eigenvalue weighted by Gasteiger charge is 2.19. The van der Waals surface area contributed by atoms with Gasteiger partial charge in [0.15, 0.2) is 11.5 Å². The third kappa shape index (κ3) is 1.79. The van der Waals surface area contributed by atoms with Gasteiger partial charge in [0.2, 0.25) is 0 Å². The van der Waals surface area contributed by atoms with Crippen molar-refractivity contribution < 1.29 is 19.6 Å². The molecule has 6 heteroatoms. The molecule has 1 rings (SSSR count). The van der Waals surface area contributed by atoms with Crippen molar-refractivity contribution in [1.82, 2.24) is 0 Å². The van der Waals surface area contributed by atoms with Crippen LogP contribution in [0.2, 0.25) is 0 Å². The molecule has 6 nitrogen and oxygen atoms in total. The van der Waals surface area contributed by atoms with E-state index >= 15 is 0 Å². The van der Waals surface area contributed by atoms with E-state index in [1.54, 1.807) is 0 Å². The van der Waals surface area contributed by atoms with Crippen molar-refractivity contribution >= 4 is 5.91 Å². The summed E-state index contributed by atoms with van der Waals surface area (Å²) < 4.78 is 4.71. The number of ether oxygens (including phenoxy) is 1. The van der Waals surface area contributed by atoms with Gasteiger partial charge in [-0.1, -0.05) is 0 Å². The van der Waals surface area contributed by atoms with E-state index in [0.717, 1.165) is 6.07 Å². The van der Waals surface area contributed by atoms with E-state index in [1.165, 1.54) is 19.2 Å². The van der Waals surface area contributed by atoms with E-state index in [1.807, 2.05) is 0 Å². The van der Waals surface area contributed by atoms with Crippen LogP contribution in [-0.2, 0) is 0 Å². The molecule has 0 atom stereocenters. The van der Waals surface area contributed by atoms with Crippen LogP contribution in [0.25, 0.3) is 0 Å². The lowest BCUT2D eigenvalue weighted by atomic mass is 10.2. The highest BCUT2D eigenvalue weighted by Crippen LogP contribution is 2.26. The van der Waals surface area contributed by atoms with Crippen LogP contribution >= 0.6 is 0 Å². The number of phenolic OH excluding ortho intramolecular Hbond substituents is 1. The van der Waals surface area contributed by atoms with Gasteiger partial charge in [0.1, 0.15) is 10.5 Å². The van der Waals surface area contributed by atoms with Gasteiger partial charge in [0.05, 0.1) is 7.11 Å². The molecule has 0 spiro atoms. The SMILES string of the molecule is COc1ccc(C(=O)[N+](=O)[O-])cc1O. The molecule has 1 aromatic carbocycles. The van der Waals surface area contributed by atoms with Crippen molar-refractivity contribution in [3.63, 3.8) is 0 Å². The average Bonchev–Trinajstić information content (AvgIpc) is 2.16. The van der Waals surface area contributed by atoms with E-state index in [-0.39, 0.29) is 17.1 Å². The molecule has 74 valence electrons. The Morgan fingerprint density at radius 3 is 2.64 bits per heavy atom. The Kier molecular flexibility index (Phi) is 2.66. The minimum Gasteiger partial charge on any atom is -0.504 e. The zero-order valence-corrected chi connectivity index (χ0v) is 7.26. The van der Waals surface area contributed by atoms with Crippen molar-refractivity contribution in [2.45, 2.75) is 0 Å². The molecule has 1 N–H and O–H groups in total. The molecular weight excluding hydrogens is 190 g/mol. The van der Waals surface area contributed by atoms with Crippen LogP contribution in [0.3, 0.4) is 0 Å². The first-order chi connectivity index (χ1) is 6.56. The topological polar surface area (TPSA) is 89.7 Å². The summed E-state index contributed by atoms with van der Waals surface area (Å²) in [6.07, 6.45) is 0. The second-order valence-corrected chi connectivity index (χ2v) is 2.45. The first-order valence-corrected chi connectivity index (χ1v) is 3.62. The lowest BCUT2D eigenvalue weighted by Gasteiger charge is -2.02. The molecule has 14 heavy (non-hydrogen) atoms. The quantitative estimate of drug-likeness (QED) is 0.559. The predicted octanol–water partition coefficient (Wildman–Crippen LogP) is 0.818. The number of carbonyl (C=O) groups is 1. The van der Waals surface area contributed by atoms with Crippen LogP contribution < -0.4 is 4.74 Å². The number of phenols is 1. The van der Waals surface area contributed by atoms with Crippen molar-refractivity contribution in [1.29, 1.82) is 0 Å². The maximum atomic E-state index is 10.8. The van der Waals surface area contributed by atoms with Gasteiger partial charge in [0, 0.05) is 6.07 Å². The number of nitrogens with zero attached hydrogens (tertiary/aromatic N) is 1. The summed E-state index contributed by atoms with van der Waals surface area (Å²) in [4.78, 5) is 19.9. The number of hydrogen-bond acceptors (Lipinski definition) is 5. The zero-order chi connectivity index (χ0) is 10.7. The van der Waals surface area contributed by atoms with Crippen molar-refractivity contribution in [3.05, 3.63) is 33.9 Å². The molecule has 0 radical (unpaired) electrons. The van der Waals surface area contributed by atoms with Gasteiger partial charge in [0.25, 0.3) is 0 Å². The number of carbonyl (C=O) groups excluding carboxylic acids is 1. The van der Waals surface area contributed by atoms with Crippen molar-refractivity contribution in [2.75, 3.05) is 7.11 Å². The lowest BCUT2D eigenvalue weighted by molar-refractivity contribution is -0.375. The lowest BCUT2D eigenvalue weighted by Crippen LogP contribution is -2.11. The Bertz CT molecular complexity index is 387. The molecule has 1 amide bonds. The average molecular weight is 197 g/mol. The molecule has 0 saturated heterocycles. The summed E-state index contributed by atoms with van der Waals surface area (Å²) in [5.41, 5.74) is -0.187. The van der Waals surface area contributed by atoms with E-state index in [4.69, 9.17) is 4.74 Å². The number of hydrogen-bond donors (Lipinski definition) is 1. The second-order valence-electron chi connectivity index (χ2n) is 2.45. The predicted molar refractivity (Wildman–Crippen MR) is 46.0 cm³/mol. The summed E-state index contributed by atoms with van der Waals surface area (Å²) in [6.45, 7) is 0. The van der Waals surface area contributed by atoms with Gasteiger partial charge in [-0.05, 0) is 12.1 Å². The first kappa shape index (κ1) is 9.97. The van der Waals surface area contributed by atoms with Gasteiger partial charge < -0.3 is 9.84 Å². The highest BCUT2D eigenvalue weighted by atomic mass is 16.6. The Hall–Kier alpha value is -2.11. The summed E-state index contributed by atoms with van der Waals surface area (Å²) in [6, 6.07) is 3.49. The third-order valence-electron chi connectivity index (χ3n) is 1.59. The fraction of sp³-hybridized carbons (Fsp3) is 0.125. The molecule has 0 aliphatic heterocycles. The van der Waals surface area contributed by atoms with Crippen LogP contribution in [0.1, 0.15) is 10.4 Å². The van der Waals surface area contributed by atoms with Crippen LogP contribution in [0, 0.1) is 10.1 Å². The Balaban J connectivity index is 3.09. The Morgan fingerprint density at radius 2 is 2.21 bits per heavy atom. The van der Waals surface area contributed by atoms with E-state index in [9.17, 15) is 20.0 Å². The van der Waals surface area contributed by atoms with Crippen molar-refractivity contribution in [2.24, 2.45) is 0 Å². The number of amides is 1. The fourth-order valence-corrected chi connectivity index (χ4v) is 0.928. The maximum absolute atomic E-state index is 10.8. The standard InChI is InChI=1S/C8H7NO5/c1-14-7-3-2-5(4-6(7)10)8(11)9(12)13/h2-4,10H,1H3. The number of benzene rings is 1. The summed E-state index contributed by atoms with van der Waals surface area (Å²) in [5.74, 6) is -1.41. The third-order valence-corrected chi connectivity index (χ3v) is 1.59. The molecule has 0 unspecified atom stereocenters. The van der Waals surface area contributed by atoms with E-state index < -0.39 is 10.8 Å². The van der Waals surface area contributed by atoms with Gasteiger partial charge in [-0.2, -0.15) is 0 Å². The van der Waals surface area contributed by atoms with Crippen LogP contribution in [0.5, 0.6) is 11.5 Å². The van der Waals surface area contributed by atoms with Crippen LogP contribution in [0.4, 0.5) is 0 Å². The monoisotopic (exact) mass is 197 g/mol. The fourth-order valence-electron chi connectivity index (χ4n) is 0.928. The molecule has 0 aliphatic rings. The Labute approximate surface area is 78.9 Å². The van der Waals surface area contributed by atoms with E-state index in [0.29, 0.717) is 0 Å². The minimum atomic E-state index is -1.26. The second kappa shape index (κ2) is 3.73. The number of nitro groups is 1. The van der Waals surface area contributed by atoms with Gasteiger partial charge in [-0.3, -0.25) is 10.1 Å². The molecule has 1 aromatic rings. The summed E-state index contributed by atoms with van der Waals surface area (Å²) in [7, 11) is 1.34. The minimum absolute atomic E-state index is 0.157. The Morgan fingerprint density at radius 1 is 1.57 bits per heavy atom. The van der Waals surface area contributed by atoms with Gasteiger partial charge >= 0.3 is 5.91 Å². The molecule has 0 aliphatic carbocycles. The molecule has 0 heterocycles. The van der Waals surface area contributed by atoms with E-state index in [2.05, 4.69) is 0 Å². The molecular formula is C8H7NO5. The zero-order valence-electron chi connectivity index (χ0n) is 7.26. The maximum Gasteiger partial charge on any atom is 0.476 e. The number of aromatic hydroxyl groups is 1. The number of methoxy groups -OCH3 is 1. The van der Waals surface area contributed by atoms with Gasteiger partial charge in [-0.15, -0.1) is 0 Å². The van der Waals surface area contributed by atoms with Crippen LogP contribution in [0.15, 0.2) is 18.2 Å². The largest absolute Gasteiger partial charge is 0.504 e. The first-order valence-electron chi connectivity index (χ1n) is 3.62.